The lowest BCUT2D eigenvalue weighted by atomic mass is 10.2. The van der Waals surface area contributed by atoms with Crippen LogP contribution >= 0.6 is 23.2 Å². The summed E-state index contributed by atoms with van der Waals surface area (Å²) in [4.78, 5) is 25.7. The SMILES string of the molecule is O=C(NCC1CN(c2ccc(Cl)cc2)C(=O)CO1)Nc1cccc(Cl)c1. The zero-order valence-electron chi connectivity index (χ0n) is 13.7. The van der Waals surface area contributed by atoms with E-state index in [2.05, 4.69) is 10.6 Å². The highest BCUT2D eigenvalue weighted by Gasteiger charge is 2.27. The number of nitrogens with zero attached hydrogens (tertiary/aromatic N) is 1. The van der Waals surface area contributed by atoms with Crippen LogP contribution in [0.5, 0.6) is 0 Å². The van der Waals surface area contributed by atoms with E-state index in [1.165, 1.54) is 0 Å². The van der Waals surface area contributed by atoms with Gasteiger partial charge in [0.05, 0.1) is 12.6 Å². The van der Waals surface area contributed by atoms with Gasteiger partial charge in [-0.25, -0.2) is 4.79 Å². The van der Waals surface area contributed by atoms with Gasteiger partial charge in [0, 0.05) is 28.0 Å². The summed E-state index contributed by atoms with van der Waals surface area (Å²) < 4.78 is 5.50. The van der Waals surface area contributed by atoms with Crippen LogP contribution in [0.25, 0.3) is 0 Å². The van der Waals surface area contributed by atoms with E-state index in [9.17, 15) is 9.59 Å². The third-order valence-corrected chi connectivity index (χ3v) is 4.33. The summed E-state index contributed by atoms with van der Waals surface area (Å²) in [5.74, 6) is -0.132. The molecule has 8 heteroatoms. The molecule has 2 N–H and O–H groups in total. The van der Waals surface area contributed by atoms with Crippen molar-refractivity contribution in [3.8, 4) is 0 Å². The van der Waals surface area contributed by atoms with Gasteiger partial charge in [0.1, 0.15) is 6.61 Å². The molecule has 2 aromatic rings. The number of rotatable bonds is 4. The Bertz CT molecular complexity index is 799. The lowest BCUT2D eigenvalue weighted by Crippen LogP contribution is -2.51. The lowest BCUT2D eigenvalue weighted by molar-refractivity contribution is -0.129. The zero-order chi connectivity index (χ0) is 18.5. The number of hydrogen-bond donors (Lipinski definition) is 2. The van der Waals surface area contributed by atoms with E-state index in [-0.39, 0.29) is 31.2 Å². The maximum absolute atomic E-state index is 12.1. The number of halogens is 2. The van der Waals surface area contributed by atoms with Crippen LogP contribution in [0.2, 0.25) is 10.0 Å². The number of carbonyl (C=O) groups excluding carboxylic acids is 2. The van der Waals surface area contributed by atoms with Crippen LogP contribution in [-0.2, 0) is 9.53 Å². The predicted molar refractivity (Wildman–Crippen MR) is 102 cm³/mol. The van der Waals surface area contributed by atoms with Crippen LogP contribution in [0.1, 0.15) is 0 Å². The molecule has 2 aromatic carbocycles. The molecule has 0 saturated carbocycles. The second kappa shape index (κ2) is 8.40. The van der Waals surface area contributed by atoms with Gasteiger partial charge in [-0.2, -0.15) is 0 Å². The van der Waals surface area contributed by atoms with Crippen molar-refractivity contribution in [1.29, 1.82) is 0 Å². The number of benzene rings is 2. The van der Waals surface area contributed by atoms with Gasteiger partial charge in [-0.05, 0) is 42.5 Å². The monoisotopic (exact) mass is 393 g/mol. The van der Waals surface area contributed by atoms with Crippen LogP contribution in [0.15, 0.2) is 48.5 Å². The van der Waals surface area contributed by atoms with Crippen LogP contribution in [0.3, 0.4) is 0 Å². The molecule has 1 fully saturated rings. The fourth-order valence-electron chi connectivity index (χ4n) is 2.57. The lowest BCUT2D eigenvalue weighted by Gasteiger charge is -2.32. The van der Waals surface area contributed by atoms with Gasteiger partial charge in [0.15, 0.2) is 0 Å². The molecule has 136 valence electrons. The van der Waals surface area contributed by atoms with Crippen molar-refractivity contribution in [3.63, 3.8) is 0 Å². The molecule has 0 radical (unpaired) electrons. The van der Waals surface area contributed by atoms with Gasteiger partial charge in [0.2, 0.25) is 0 Å². The van der Waals surface area contributed by atoms with E-state index in [1.54, 1.807) is 53.4 Å². The Kier molecular flexibility index (Phi) is 5.98. The Morgan fingerprint density at radius 3 is 2.65 bits per heavy atom. The number of morpholine rings is 1. The Hall–Kier alpha value is -2.28. The van der Waals surface area contributed by atoms with Crippen molar-refractivity contribution < 1.29 is 14.3 Å². The summed E-state index contributed by atoms with van der Waals surface area (Å²) >= 11 is 11.8. The Labute approximate surface area is 161 Å². The van der Waals surface area contributed by atoms with E-state index >= 15 is 0 Å². The van der Waals surface area contributed by atoms with Crippen molar-refractivity contribution in [2.45, 2.75) is 6.10 Å². The van der Waals surface area contributed by atoms with Gasteiger partial charge in [0.25, 0.3) is 5.91 Å². The number of nitrogens with one attached hydrogen (secondary N) is 2. The van der Waals surface area contributed by atoms with Crippen molar-refractivity contribution >= 4 is 46.5 Å². The van der Waals surface area contributed by atoms with E-state index in [0.717, 1.165) is 5.69 Å². The molecule has 0 aromatic heterocycles. The van der Waals surface area contributed by atoms with Gasteiger partial charge in [-0.1, -0.05) is 29.3 Å². The molecule has 1 saturated heterocycles. The number of hydrogen-bond acceptors (Lipinski definition) is 3. The highest BCUT2D eigenvalue weighted by atomic mass is 35.5. The minimum absolute atomic E-state index is 0.0368. The quantitative estimate of drug-likeness (QED) is 0.834. The molecule has 0 spiro atoms. The second-order valence-electron chi connectivity index (χ2n) is 5.76. The fraction of sp³-hybridized carbons (Fsp3) is 0.222. The van der Waals surface area contributed by atoms with Crippen LogP contribution in [0.4, 0.5) is 16.2 Å². The van der Waals surface area contributed by atoms with Crippen molar-refractivity contribution in [1.82, 2.24) is 5.32 Å². The summed E-state index contributed by atoms with van der Waals surface area (Å²) in [6.07, 6.45) is -0.312. The third kappa shape index (κ3) is 4.88. The van der Waals surface area contributed by atoms with Gasteiger partial charge < -0.3 is 20.3 Å². The van der Waals surface area contributed by atoms with E-state index < -0.39 is 0 Å². The summed E-state index contributed by atoms with van der Waals surface area (Å²) in [5, 5.41) is 6.57. The molecule has 1 atom stereocenters. The number of carbonyl (C=O) groups is 2. The van der Waals surface area contributed by atoms with E-state index in [0.29, 0.717) is 22.3 Å². The molecule has 3 rings (SSSR count). The molecule has 1 aliphatic heterocycles. The summed E-state index contributed by atoms with van der Waals surface area (Å²) in [6, 6.07) is 13.5. The van der Waals surface area contributed by atoms with Crippen molar-refractivity contribution in [2.75, 3.05) is 29.9 Å². The van der Waals surface area contributed by atoms with Crippen LogP contribution < -0.4 is 15.5 Å². The minimum Gasteiger partial charge on any atom is -0.365 e. The molecule has 1 heterocycles. The zero-order valence-corrected chi connectivity index (χ0v) is 15.3. The molecule has 26 heavy (non-hydrogen) atoms. The highest BCUT2D eigenvalue weighted by Crippen LogP contribution is 2.21. The van der Waals surface area contributed by atoms with Crippen LogP contribution in [-0.4, -0.2) is 37.7 Å². The normalized spacial score (nSPS) is 17.1. The first kappa shape index (κ1) is 18.5. The van der Waals surface area contributed by atoms with Gasteiger partial charge >= 0.3 is 6.03 Å². The first-order chi connectivity index (χ1) is 12.5. The van der Waals surface area contributed by atoms with E-state index in [1.807, 2.05) is 0 Å². The number of anilines is 2. The Morgan fingerprint density at radius 2 is 1.92 bits per heavy atom. The van der Waals surface area contributed by atoms with Gasteiger partial charge in [-0.3, -0.25) is 4.79 Å². The molecule has 0 aliphatic carbocycles. The molecular weight excluding hydrogens is 377 g/mol. The smallest absolute Gasteiger partial charge is 0.319 e. The Morgan fingerprint density at radius 1 is 1.15 bits per heavy atom. The first-order valence-corrected chi connectivity index (χ1v) is 8.75. The third-order valence-electron chi connectivity index (χ3n) is 3.84. The van der Waals surface area contributed by atoms with Gasteiger partial charge in [-0.15, -0.1) is 0 Å². The summed E-state index contributed by atoms with van der Waals surface area (Å²) in [6.45, 7) is 0.576. The molecular formula is C18H17Cl2N3O3. The standard InChI is InChI=1S/C18H17Cl2N3O3/c19-12-4-6-15(7-5-12)23-10-16(26-11-17(23)24)9-21-18(25)22-14-3-1-2-13(20)8-14/h1-8,16H,9-11H2,(H2,21,22,25). The fourth-order valence-corrected chi connectivity index (χ4v) is 2.88. The maximum Gasteiger partial charge on any atom is 0.319 e. The van der Waals surface area contributed by atoms with Crippen molar-refractivity contribution in [2.24, 2.45) is 0 Å². The van der Waals surface area contributed by atoms with E-state index in [4.69, 9.17) is 27.9 Å². The largest absolute Gasteiger partial charge is 0.365 e. The number of amides is 3. The Balaban J connectivity index is 1.54. The summed E-state index contributed by atoms with van der Waals surface area (Å²) in [5.41, 5.74) is 1.34. The van der Waals surface area contributed by atoms with Crippen LogP contribution in [0, 0.1) is 0 Å². The average molecular weight is 394 g/mol. The topological polar surface area (TPSA) is 70.7 Å². The molecule has 1 unspecified atom stereocenters. The number of urea groups is 1. The molecule has 3 amide bonds. The second-order valence-corrected chi connectivity index (χ2v) is 6.63. The number of ether oxygens (including phenoxy) is 1. The first-order valence-electron chi connectivity index (χ1n) is 7.99. The maximum atomic E-state index is 12.1. The summed E-state index contributed by atoms with van der Waals surface area (Å²) in [7, 11) is 0. The minimum atomic E-state index is -0.370. The molecule has 0 bridgehead atoms. The molecule has 1 aliphatic rings. The molecule has 6 nitrogen and oxygen atoms in total. The highest BCUT2D eigenvalue weighted by molar-refractivity contribution is 6.31. The average Bonchev–Trinajstić information content (AvgIpc) is 2.62. The van der Waals surface area contributed by atoms with Crippen molar-refractivity contribution in [3.05, 3.63) is 58.6 Å². The predicted octanol–water partition coefficient (Wildman–Crippen LogP) is 3.55.